The number of aromatic hydroxyl groups is 1. The number of nitrogens with two attached hydrogens (primary N) is 1. The predicted octanol–water partition coefficient (Wildman–Crippen LogP) is 3.15. The minimum Gasteiger partial charge on any atom is -0.507 e. The average molecular weight is 361 g/mol. The molecule has 1 atom stereocenters. The molecule has 3 N–H and O–H groups in total. The third-order valence-electron chi connectivity index (χ3n) is 5.04. The summed E-state index contributed by atoms with van der Waals surface area (Å²) in [5.74, 6) is 0.597. The van der Waals surface area contributed by atoms with E-state index in [9.17, 15) is 5.11 Å². The van der Waals surface area contributed by atoms with Crippen molar-refractivity contribution in [2.24, 2.45) is 0 Å². The molecule has 1 aliphatic rings. The van der Waals surface area contributed by atoms with Crippen LogP contribution in [0.25, 0.3) is 11.3 Å². The first-order chi connectivity index (χ1) is 13.1. The minimum absolute atomic E-state index is 0.185. The Kier molecular flexibility index (Phi) is 4.54. The van der Waals surface area contributed by atoms with Gasteiger partial charge < -0.3 is 20.6 Å². The lowest BCUT2D eigenvalue weighted by molar-refractivity contribution is 0.477. The average Bonchev–Trinajstić information content (AvgIpc) is 2.69. The number of hydrogen-bond acceptors (Lipinski definition) is 6. The van der Waals surface area contributed by atoms with Crippen LogP contribution in [0, 0.1) is 0 Å². The minimum atomic E-state index is 0.185. The largest absolute Gasteiger partial charge is 0.507 e. The number of hydrogen-bond donors (Lipinski definition) is 2. The number of benzene rings is 2. The molecule has 138 valence electrons. The number of nitrogens with zero attached hydrogens (tertiary/aromatic N) is 4. The first kappa shape index (κ1) is 17.1. The van der Waals surface area contributed by atoms with Gasteiger partial charge in [0.2, 0.25) is 0 Å². The Bertz CT molecular complexity index is 931. The van der Waals surface area contributed by atoms with Gasteiger partial charge in [0.1, 0.15) is 5.75 Å². The third kappa shape index (κ3) is 3.38. The molecule has 0 saturated carbocycles. The lowest BCUT2D eigenvalue weighted by atomic mass is 10.1. The second kappa shape index (κ2) is 7.15. The summed E-state index contributed by atoms with van der Waals surface area (Å²) in [5, 5.41) is 18.4. The van der Waals surface area contributed by atoms with Gasteiger partial charge in [0.25, 0.3) is 0 Å². The van der Waals surface area contributed by atoms with E-state index in [1.807, 2.05) is 24.3 Å². The maximum atomic E-state index is 10.1. The van der Waals surface area contributed by atoms with E-state index < -0.39 is 0 Å². The number of para-hydroxylation sites is 2. The zero-order chi connectivity index (χ0) is 18.8. The molecule has 1 aromatic heterocycles. The van der Waals surface area contributed by atoms with Crippen LogP contribution in [0.5, 0.6) is 5.75 Å². The Morgan fingerprint density at radius 1 is 1.00 bits per heavy atom. The zero-order valence-electron chi connectivity index (χ0n) is 15.3. The number of rotatable bonds is 3. The van der Waals surface area contributed by atoms with E-state index in [0.29, 0.717) is 23.1 Å². The Labute approximate surface area is 158 Å². The van der Waals surface area contributed by atoms with Crippen molar-refractivity contribution in [3.05, 3.63) is 60.7 Å². The first-order valence-electron chi connectivity index (χ1n) is 9.11. The van der Waals surface area contributed by atoms with Crippen LogP contribution in [0.4, 0.5) is 17.2 Å². The van der Waals surface area contributed by atoms with Crippen LogP contribution in [0.3, 0.4) is 0 Å². The third-order valence-corrected chi connectivity index (χ3v) is 5.04. The fraction of sp³-hybridized carbons (Fsp3) is 0.238. The van der Waals surface area contributed by atoms with Crippen molar-refractivity contribution >= 4 is 17.2 Å². The second-order valence-corrected chi connectivity index (χ2v) is 6.84. The van der Waals surface area contributed by atoms with Gasteiger partial charge in [0.15, 0.2) is 5.82 Å². The molecule has 1 fully saturated rings. The Morgan fingerprint density at radius 3 is 2.48 bits per heavy atom. The molecule has 0 spiro atoms. The van der Waals surface area contributed by atoms with Gasteiger partial charge in [-0.1, -0.05) is 30.3 Å². The lowest BCUT2D eigenvalue weighted by Crippen LogP contribution is -2.52. The van der Waals surface area contributed by atoms with Crippen molar-refractivity contribution in [2.45, 2.75) is 13.0 Å². The molecule has 0 unspecified atom stereocenters. The van der Waals surface area contributed by atoms with Gasteiger partial charge >= 0.3 is 0 Å². The molecule has 2 aromatic carbocycles. The smallest absolute Gasteiger partial charge is 0.169 e. The molecule has 0 bridgehead atoms. The SMILES string of the molecule is C[C@@H]1CN(c2cc(-c3ccccc3O)nnc2N)CCN1c1ccccc1. The van der Waals surface area contributed by atoms with E-state index in [0.717, 1.165) is 25.3 Å². The maximum absolute atomic E-state index is 10.1. The molecule has 6 nitrogen and oxygen atoms in total. The number of anilines is 3. The monoisotopic (exact) mass is 361 g/mol. The van der Waals surface area contributed by atoms with Gasteiger partial charge in [-0.2, -0.15) is 0 Å². The van der Waals surface area contributed by atoms with Crippen molar-refractivity contribution in [2.75, 3.05) is 35.2 Å². The van der Waals surface area contributed by atoms with Crippen molar-refractivity contribution in [3.8, 4) is 17.0 Å². The fourth-order valence-electron chi connectivity index (χ4n) is 3.65. The molecule has 3 aromatic rings. The molecule has 0 radical (unpaired) electrons. The van der Waals surface area contributed by atoms with E-state index in [2.05, 4.69) is 51.2 Å². The fourth-order valence-corrected chi connectivity index (χ4v) is 3.65. The van der Waals surface area contributed by atoms with E-state index in [1.54, 1.807) is 12.1 Å². The second-order valence-electron chi connectivity index (χ2n) is 6.84. The molecule has 0 aliphatic carbocycles. The topological polar surface area (TPSA) is 78.5 Å². The number of aromatic nitrogens is 2. The van der Waals surface area contributed by atoms with Gasteiger partial charge in [-0.05, 0) is 37.3 Å². The standard InChI is InChI=1S/C21H23N5O/c1-15-14-25(11-12-26(15)16-7-3-2-4-8-16)19-13-18(23-24-21(19)22)17-9-5-6-10-20(17)27/h2-10,13,15,27H,11-12,14H2,1H3,(H2,22,24)/t15-/m1/s1. The summed E-state index contributed by atoms with van der Waals surface area (Å²) >= 11 is 0. The molecule has 0 amide bonds. The number of phenols is 1. The molecule has 6 heteroatoms. The van der Waals surface area contributed by atoms with Crippen LogP contribution in [0.2, 0.25) is 0 Å². The summed E-state index contributed by atoms with van der Waals surface area (Å²) in [6.07, 6.45) is 0. The predicted molar refractivity (Wildman–Crippen MR) is 109 cm³/mol. The Morgan fingerprint density at radius 2 is 1.74 bits per heavy atom. The Hall–Kier alpha value is -3.28. The Balaban J connectivity index is 1.59. The normalized spacial score (nSPS) is 17.1. The van der Waals surface area contributed by atoms with Crippen molar-refractivity contribution in [1.29, 1.82) is 0 Å². The van der Waals surface area contributed by atoms with Gasteiger partial charge in [-0.25, -0.2) is 0 Å². The molecule has 4 rings (SSSR count). The number of piperazine rings is 1. The maximum Gasteiger partial charge on any atom is 0.169 e. The van der Waals surface area contributed by atoms with Crippen molar-refractivity contribution in [3.63, 3.8) is 0 Å². The van der Waals surface area contributed by atoms with E-state index >= 15 is 0 Å². The van der Waals surface area contributed by atoms with Crippen molar-refractivity contribution in [1.82, 2.24) is 10.2 Å². The van der Waals surface area contributed by atoms with E-state index in [-0.39, 0.29) is 5.75 Å². The highest BCUT2D eigenvalue weighted by atomic mass is 16.3. The molecule has 1 saturated heterocycles. The van der Waals surface area contributed by atoms with Gasteiger partial charge in [-0.3, -0.25) is 0 Å². The molecule has 27 heavy (non-hydrogen) atoms. The summed E-state index contributed by atoms with van der Waals surface area (Å²) < 4.78 is 0. The quantitative estimate of drug-likeness (QED) is 0.746. The van der Waals surface area contributed by atoms with Crippen LogP contribution < -0.4 is 15.5 Å². The molecular formula is C21H23N5O. The lowest BCUT2D eigenvalue weighted by Gasteiger charge is -2.42. The highest BCUT2D eigenvalue weighted by Gasteiger charge is 2.26. The van der Waals surface area contributed by atoms with Gasteiger partial charge in [0.05, 0.1) is 11.4 Å². The summed E-state index contributed by atoms with van der Waals surface area (Å²) in [7, 11) is 0. The van der Waals surface area contributed by atoms with Crippen molar-refractivity contribution < 1.29 is 5.11 Å². The van der Waals surface area contributed by atoms with Crippen LogP contribution in [0.15, 0.2) is 60.7 Å². The zero-order valence-corrected chi connectivity index (χ0v) is 15.3. The van der Waals surface area contributed by atoms with Crippen LogP contribution in [0.1, 0.15) is 6.92 Å². The van der Waals surface area contributed by atoms with Gasteiger partial charge in [0, 0.05) is 36.9 Å². The van der Waals surface area contributed by atoms with E-state index in [4.69, 9.17) is 5.73 Å². The summed E-state index contributed by atoms with van der Waals surface area (Å²) in [6, 6.07) is 19.8. The first-order valence-corrected chi connectivity index (χ1v) is 9.11. The summed E-state index contributed by atoms with van der Waals surface area (Å²) in [5.41, 5.74) is 9.51. The highest BCUT2D eigenvalue weighted by Crippen LogP contribution is 2.32. The molecule has 1 aliphatic heterocycles. The highest BCUT2D eigenvalue weighted by molar-refractivity contribution is 5.74. The van der Waals surface area contributed by atoms with Crippen LogP contribution in [-0.4, -0.2) is 41.0 Å². The van der Waals surface area contributed by atoms with Crippen LogP contribution >= 0.6 is 0 Å². The van der Waals surface area contributed by atoms with Crippen LogP contribution in [-0.2, 0) is 0 Å². The number of nitrogen functional groups attached to an aromatic ring is 1. The summed E-state index contributed by atoms with van der Waals surface area (Å²) in [6.45, 7) is 4.80. The summed E-state index contributed by atoms with van der Waals surface area (Å²) in [4.78, 5) is 4.66. The number of phenolic OH excluding ortho intramolecular Hbond substituents is 1. The molecule has 2 heterocycles. The molecular weight excluding hydrogens is 338 g/mol. The van der Waals surface area contributed by atoms with Gasteiger partial charge in [-0.15, -0.1) is 10.2 Å². The van der Waals surface area contributed by atoms with E-state index in [1.165, 1.54) is 5.69 Å².